The summed E-state index contributed by atoms with van der Waals surface area (Å²) in [5.74, 6) is -0.198. The molecule has 1 amide bonds. The fourth-order valence-corrected chi connectivity index (χ4v) is 3.24. The highest BCUT2D eigenvalue weighted by molar-refractivity contribution is 8.13. The summed E-state index contributed by atoms with van der Waals surface area (Å²) in [5.41, 5.74) is -0.860. The van der Waals surface area contributed by atoms with Gasteiger partial charge >= 0.3 is 0 Å². The summed E-state index contributed by atoms with van der Waals surface area (Å²) in [4.78, 5) is 21.3. The standard InChI is InChI=1S/C11H10Cl2N2O5S/c12-10-8(15(17)18)3-7(4-9(10)21(13,19)20)11(16)14-5-6-1-2-6/h3-4,6H,1-2,5H2,(H,14,16). The molecule has 0 heterocycles. The molecule has 0 spiro atoms. The molecule has 0 bridgehead atoms. The first-order valence-corrected chi connectivity index (χ1v) is 8.59. The molecule has 1 N–H and O–H groups in total. The molecule has 1 aromatic carbocycles. The smallest absolute Gasteiger partial charge is 0.290 e. The average molecular weight is 353 g/mol. The van der Waals surface area contributed by atoms with Gasteiger partial charge in [0.05, 0.1) is 4.92 Å². The number of rotatable bonds is 5. The number of nitro groups is 1. The second-order valence-corrected chi connectivity index (χ2v) is 7.57. The molecular formula is C11H10Cl2N2O5S. The second-order valence-electron chi connectivity index (χ2n) is 4.66. The SMILES string of the molecule is O=C(NCC1CC1)c1cc([N+](=O)[O-])c(Cl)c(S(=O)(=O)Cl)c1. The van der Waals surface area contributed by atoms with Crippen LogP contribution in [0, 0.1) is 16.0 Å². The summed E-state index contributed by atoms with van der Waals surface area (Å²) in [5, 5.41) is 12.9. The number of hydrogen-bond acceptors (Lipinski definition) is 5. The number of nitrogens with zero attached hydrogens (tertiary/aromatic N) is 1. The summed E-state index contributed by atoms with van der Waals surface area (Å²) in [6, 6.07) is 1.86. The van der Waals surface area contributed by atoms with Crippen molar-refractivity contribution in [3.05, 3.63) is 32.8 Å². The lowest BCUT2D eigenvalue weighted by atomic mass is 10.2. The van der Waals surface area contributed by atoms with Crippen LogP contribution in [0.25, 0.3) is 0 Å². The predicted molar refractivity (Wildman–Crippen MR) is 76.2 cm³/mol. The van der Waals surface area contributed by atoms with E-state index in [-0.39, 0.29) is 5.56 Å². The van der Waals surface area contributed by atoms with Gasteiger partial charge in [0, 0.05) is 28.9 Å². The normalized spacial score (nSPS) is 14.8. The van der Waals surface area contributed by atoms with Crippen LogP contribution in [0.3, 0.4) is 0 Å². The summed E-state index contributed by atoms with van der Waals surface area (Å²) in [6.07, 6.45) is 2.03. The fraction of sp³-hybridized carbons (Fsp3) is 0.364. The Hall–Kier alpha value is -1.38. The van der Waals surface area contributed by atoms with Crippen molar-refractivity contribution in [1.29, 1.82) is 0 Å². The Kier molecular flexibility index (Phi) is 4.40. The molecule has 1 aromatic rings. The van der Waals surface area contributed by atoms with E-state index in [0.29, 0.717) is 12.5 Å². The largest absolute Gasteiger partial charge is 0.352 e. The molecule has 7 nitrogen and oxygen atoms in total. The Morgan fingerprint density at radius 1 is 1.43 bits per heavy atom. The minimum atomic E-state index is -4.31. The molecule has 2 rings (SSSR count). The molecule has 114 valence electrons. The monoisotopic (exact) mass is 352 g/mol. The molecule has 21 heavy (non-hydrogen) atoms. The minimum absolute atomic E-state index is 0.175. The van der Waals surface area contributed by atoms with Crippen molar-refractivity contribution in [3.8, 4) is 0 Å². The molecule has 0 unspecified atom stereocenters. The second kappa shape index (κ2) is 5.78. The van der Waals surface area contributed by atoms with Crippen LogP contribution < -0.4 is 5.32 Å². The number of benzene rings is 1. The number of carbonyl (C=O) groups excluding carboxylic acids is 1. The first-order chi connectivity index (χ1) is 9.70. The third-order valence-electron chi connectivity index (χ3n) is 2.99. The Morgan fingerprint density at radius 3 is 2.52 bits per heavy atom. The van der Waals surface area contributed by atoms with Gasteiger partial charge in [-0.25, -0.2) is 8.42 Å². The van der Waals surface area contributed by atoms with E-state index in [4.69, 9.17) is 22.3 Å². The molecular weight excluding hydrogens is 343 g/mol. The van der Waals surface area contributed by atoms with Gasteiger partial charge in [0.2, 0.25) is 0 Å². The summed E-state index contributed by atoms with van der Waals surface area (Å²) in [7, 11) is 0.880. The van der Waals surface area contributed by atoms with Crippen LogP contribution in [0.15, 0.2) is 17.0 Å². The van der Waals surface area contributed by atoms with Crippen LogP contribution in [0.5, 0.6) is 0 Å². The summed E-state index contributed by atoms with van der Waals surface area (Å²) >= 11 is 5.67. The summed E-state index contributed by atoms with van der Waals surface area (Å²) in [6.45, 7) is 0.443. The maximum atomic E-state index is 11.9. The maximum absolute atomic E-state index is 11.9. The number of carbonyl (C=O) groups is 1. The minimum Gasteiger partial charge on any atom is -0.352 e. The van der Waals surface area contributed by atoms with Crippen molar-refractivity contribution in [3.63, 3.8) is 0 Å². The van der Waals surface area contributed by atoms with Gasteiger partial charge in [-0.05, 0) is 24.8 Å². The van der Waals surface area contributed by atoms with Crippen LogP contribution in [-0.2, 0) is 9.05 Å². The van der Waals surface area contributed by atoms with Gasteiger partial charge in [-0.1, -0.05) is 11.6 Å². The van der Waals surface area contributed by atoms with Gasteiger partial charge in [0.25, 0.3) is 20.6 Å². The van der Waals surface area contributed by atoms with E-state index in [1.165, 1.54) is 0 Å². The zero-order chi connectivity index (χ0) is 15.8. The number of amides is 1. The lowest BCUT2D eigenvalue weighted by Gasteiger charge is -2.07. The first kappa shape index (κ1) is 16.0. The zero-order valence-corrected chi connectivity index (χ0v) is 12.8. The summed E-state index contributed by atoms with van der Waals surface area (Å²) < 4.78 is 22.8. The lowest BCUT2D eigenvalue weighted by Crippen LogP contribution is -2.25. The number of hydrogen-bond donors (Lipinski definition) is 1. The molecule has 10 heteroatoms. The molecule has 0 aliphatic heterocycles. The van der Waals surface area contributed by atoms with Gasteiger partial charge in [-0.2, -0.15) is 0 Å². The van der Waals surface area contributed by atoms with Crippen molar-refractivity contribution in [1.82, 2.24) is 5.32 Å². The van der Waals surface area contributed by atoms with Gasteiger partial charge in [0.15, 0.2) is 0 Å². The predicted octanol–water partition coefficient (Wildman–Crippen LogP) is 2.32. The van der Waals surface area contributed by atoms with Crippen LogP contribution >= 0.6 is 22.3 Å². The van der Waals surface area contributed by atoms with Gasteiger partial charge in [0.1, 0.15) is 9.92 Å². The Labute approximate surface area is 129 Å². The van der Waals surface area contributed by atoms with E-state index in [0.717, 1.165) is 25.0 Å². The number of nitrogens with one attached hydrogen (secondary N) is 1. The van der Waals surface area contributed by atoms with Crippen molar-refractivity contribution in [2.45, 2.75) is 17.7 Å². The van der Waals surface area contributed by atoms with Crippen LogP contribution in [0.2, 0.25) is 5.02 Å². The Bertz CT molecular complexity index is 716. The third-order valence-corrected chi connectivity index (χ3v) is 4.85. The maximum Gasteiger partial charge on any atom is 0.290 e. The van der Waals surface area contributed by atoms with Crippen LogP contribution in [-0.4, -0.2) is 25.8 Å². The zero-order valence-electron chi connectivity index (χ0n) is 10.5. The van der Waals surface area contributed by atoms with Crippen molar-refractivity contribution in [2.24, 2.45) is 5.92 Å². The van der Waals surface area contributed by atoms with E-state index in [9.17, 15) is 23.3 Å². The molecule has 1 saturated carbocycles. The number of halogens is 2. The van der Waals surface area contributed by atoms with Crippen molar-refractivity contribution in [2.75, 3.05) is 6.54 Å². The Balaban J connectivity index is 2.43. The van der Waals surface area contributed by atoms with Gasteiger partial charge in [-0.3, -0.25) is 14.9 Å². The van der Waals surface area contributed by atoms with Gasteiger partial charge in [-0.15, -0.1) is 0 Å². The fourth-order valence-electron chi connectivity index (χ4n) is 1.69. The molecule has 0 aromatic heterocycles. The number of nitro benzene ring substituents is 1. The quantitative estimate of drug-likeness (QED) is 0.497. The first-order valence-electron chi connectivity index (χ1n) is 5.91. The van der Waals surface area contributed by atoms with Gasteiger partial charge < -0.3 is 5.32 Å². The molecule has 0 saturated heterocycles. The molecule has 0 radical (unpaired) electrons. The van der Waals surface area contributed by atoms with Crippen molar-refractivity contribution < 1.29 is 18.1 Å². The van der Waals surface area contributed by atoms with E-state index >= 15 is 0 Å². The van der Waals surface area contributed by atoms with E-state index in [1.54, 1.807) is 0 Å². The molecule has 1 aliphatic carbocycles. The van der Waals surface area contributed by atoms with Crippen molar-refractivity contribution >= 4 is 42.9 Å². The Morgan fingerprint density at radius 2 is 2.05 bits per heavy atom. The topological polar surface area (TPSA) is 106 Å². The highest BCUT2D eigenvalue weighted by Crippen LogP contribution is 2.34. The lowest BCUT2D eigenvalue weighted by molar-refractivity contribution is -0.384. The highest BCUT2D eigenvalue weighted by atomic mass is 35.7. The third kappa shape index (κ3) is 3.84. The molecule has 1 fully saturated rings. The average Bonchev–Trinajstić information content (AvgIpc) is 3.18. The van der Waals surface area contributed by atoms with E-state index < -0.39 is 35.5 Å². The van der Waals surface area contributed by atoms with Crippen LogP contribution in [0.4, 0.5) is 5.69 Å². The molecule has 0 atom stereocenters. The highest BCUT2D eigenvalue weighted by Gasteiger charge is 2.27. The van der Waals surface area contributed by atoms with E-state index in [2.05, 4.69) is 5.32 Å². The molecule has 1 aliphatic rings. The van der Waals surface area contributed by atoms with Crippen LogP contribution in [0.1, 0.15) is 23.2 Å². The van der Waals surface area contributed by atoms with E-state index in [1.807, 2.05) is 0 Å².